The van der Waals surface area contributed by atoms with Crippen molar-refractivity contribution in [1.82, 2.24) is 9.97 Å². The maximum absolute atomic E-state index is 12.2. The Morgan fingerprint density at radius 2 is 1.94 bits per heavy atom. The van der Waals surface area contributed by atoms with E-state index in [1.807, 2.05) is 13.8 Å². The van der Waals surface area contributed by atoms with Gasteiger partial charge in [0.2, 0.25) is 11.9 Å². The van der Waals surface area contributed by atoms with Crippen LogP contribution >= 0.6 is 12.2 Å². The lowest BCUT2D eigenvalue weighted by Crippen LogP contribution is -2.45. The highest BCUT2D eigenvalue weighted by Gasteiger charge is 2.38. The van der Waals surface area contributed by atoms with Gasteiger partial charge < -0.3 is 5.73 Å². The van der Waals surface area contributed by atoms with E-state index in [4.69, 9.17) is 18.0 Å². The van der Waals surface area contributed by atoms with Gasteiger partial charge in [-0.2, -0.15) is 0 Å². The number of nitrogens with zero attached hydrogens (tertiary/aromatic N) is 2. The summed E-state index contributed by atoms with van der Waals surface area (Å²) in [6.07, 6.45) is 4.22. The molecule has 0 saturated carbocycles. The predicted molar refractivity (Wildman–Crippen MR) is 70.5 cm³/mol. The van der Waals surface area contributed by atoms with Gasteiger partial charge in [0.1, 0.15) is 0 Å². The average Bonchev–Trinajstić information content (AvgIpc) is 2.32. The zero-order valence-corrected chi connectivity index (χ0v) is 10.8. The monoisotopic (exact) mass is 252 g/mol. The van der Waals surface area contributed by atoms with Crippen LogP contribution in [0.3, 0.4) is 0 Å². The van der Waals surface area contributed by atoms with Crippen molar-refractivity contribution in [2.75, 3.05) is 5.32 Å². The lowest BCUT2D eigenvalue weighted by atomic mass is 9.81. The molecule has 0 aliphatic carbocycles. The number of carbonyl (C=O) groups is 1. The smallest absolute Gasteiger partial charge is 0.239 e. The Balaban J connectivity index is 2.91. The average molecular weight is 252 g/mol. The molecular weight excluding hydrogens is 236 g/mol. The van der Waals surface area contributed by atoms with Crippen LogP contribution in [-0.2, 0) is 4.79 Å². The first kappa shape index (κ1) is 13.5. The van der Waals surface area contributed by atoms with Crippen molar-refractivity contribution < 1.29 is 4.79 Å². The van der Waals surface area contributed by atoms with Crippen molar-refractivity contribution >= 4 is 29.1 Å². The summed E-state index contributed by atoms with van der Waals surface area (Å²) in [5.41, 5.74) is 4.85. The third-order valence-electron chi connectivity index (χ3n) is 2.90. The molecule has 1 rings (SSSR count). The van der Waals surface area contributed by atoms with E-state index in [0.29, 0.717) is 12.8 Å². The molecule has 0 aliphatic rings. The molecule has 0 spiro atoms. The maximum Gasteiger partial charge on any atom is 0.239 e. The molecule has 0 aromatic carbocycles. The Kier molecular flexibility index (Phi) is 4.51. The van der Waals surface area contributed by atoms with Gasteiger partial charge in [-0.25, -0.2) is 9.97 Å². The summed E-state index contributed by atoms with van der Waals surface area (Å²) < 4.78 is 0. The largest absolute Gasteiger partial charge is 0.392 e. The van der Waals surface area contributed by atoms with E-state index in [-0.39, 0.29) is 16.8 Å². The van der Waals surface area contributed by atoms with Crippen LogP contribution in [0, 0.1) is 5.41 Å². The van der Waals surface area contributed by atoms with E-state index >= 15 is 0 Å². The minimum absolute atomic E-state index is 0.205. The van der Waals surface area contributed by atoms with E-state index in [0.717, 1.165) is 0 Å². The molecule has 92 valence electrons. The van der Waals surface area contributed by atoms with Crippen LogP contribution < -0.4 is 11.1 Å². The summed E-state index contributed by atoms with van der Waals surface area (Å²) in [5, 5.41) is 2.64. The molecule has 17 heavy (non-hydrogen) atoms. The van der Waals surface area contributed by atoms with E-state index in [1.54, 1.807) is 18.5 Å². The van der Waals surface area contributed by atoms with Gasteiger partial charge in [-0.05, 0) is 18.9 Å². The van der Waals surface area contributed by atoms with Crippen molar-refractivity contribution in [2.45, 2.75) is 26.7 Å². The van der Waals surface area contributed by atoms with Gasteiger partial charge in [-0.3, -0.25) is 10.1 Å². The quantitative estimate of drug-likeness (QED) is 0.776. The second kappa shape index (κ2) is 5.67. The number of nitrogens with one attached hydrogen (secondary N) is 1. The molecule has 1 aromatic rings. The number of anilines is 1. The summed E-state index contributed by atoms with van der Waals surface area (Å²) in [7, 11) is 0. The molecule has 0 fully saturated rings. The van der Waals surface area contributed by atoms with E-state index in [2.05, 4.69) is 15.3 Å². The summed E-state index contributed by atoms with van der Waals surface area (Å²) in [6.45, 7) is 3.77. The summed E-state index contributed by atoms with van der Waals surface area (Å²) >= 11 is 5.00. The van der Waals surface area contributed by atoms with Gasteiger partial charge >= 0.3 is 0 Å². The number of carbonyl (C=O) groups excluding carboxylic acids is 1. The Hall–Kier alpha value is -1.56. The van der Waals surface area contributed by atoms with Gasteiger partial charge in [0.15, 0.2) is 0 Å². The van der Waals surface area contributed by atoms with Crippen molar-refractivity contribution in [2.24, 2.45) is 11.1 Å². The van der Waals surface area contributed by atoms with Crippen LogP contribution in [0.15, 0.2) is 18.5 Å². The van der Waals surface area contributed by atoms with Crippen LogP contribution in [0.5, 0.6) is 0 Å². The molecule has 0 unspecified atom stereocenters. The molecule has 5 nitrogen and oxygen atoms in total. The van der Waals surface area contributed by atoms with Gasteiger partial charge in [0, 0.05) is 12.4 Å². The second-order valence-corrected chi connectivity index (χ2v) is 4.12. The molecule has 0 aliphatic heterocycles. The predicted octanol–water partition coefficient (Wildman–Crippen LogP) is 1.51. The van der Waals surface area contributed by atoms with Crippen LogP contribution in [0.4, 0.5) is 5.95 Å². The number of thiocarbonyl (C=S) groups is 1. The second-order valence-electron chi connectivity index (χ2n) is 3.68. The molecule has 0 saturated heterocycles. The van der Waals surface area contributed by atoms with Crippen LogP contribution in [0.1, 0.15) is 26.7 Å². The van der Waals surface area contributed by atoms with Crippen molar-refractivity contribution in [3.05, 3.63) is 18.5 Å². The Labute approximate surface area is 106 Å². The first-order valence-electron chi connectivity index (χ1n) is 5.45. The number of aromatic nitrogens is 2. The number of hydrogen-bond donors (Lipinski definition) is 2. The van der Waals surface area contributed by atoms with Crippen molar-refractivity contribution in [3.63, 3.8) is 0 Å². The van der Waals surface area contributed by atoms with Crippen LogP contribution in [0.2, 0.25) is 0 Å². The minimum Gasteiger partial charge on any atom is -0.392 e. The topological polar surface area (TPSA) is 80.9 Å². The van der Waals surface area contributed by atoms with Crippen LogP contribution in [0.25, 0.3) is 0 Å². The highest BCUT2D eigenvalue weighted by Crippen LogP contribution is 2.28. The Morgan fingerprint density at radius 1 is 1.41 bits per heavy atom. The molecule has 1 amide bonds. The normalized spacial score (nSPS) is 10.9. The molecule has 0 radical (unpaired) electrons. The van der Waals surface area contributed by atoms with Crippen molar-refractivity contribution in [1.29, 1.82) is 0 Å². The standard InChI is InChI=1S/C11H16N4OS/c1-3-11(4-2,8(12)17)9(16)15-10-13-6-5-7-14-10/h5-7H,3-4H2,1-2H3,(H2,12,17)(H,13,14,15,16). The molecular formula is C11H16N4OS. The third-order valence-corrected chi connectivity index (χ3v) is 3.30. The Bertz CT molecular complexity index is 403. The molecule has 0 atom stereocenters. The third kappa shape index (κ3) is 2.76. The first-order valence-corrected chi connectivity index (χ1v) is 5.86. The number of nitrogens with two attached hydrogens (primary N) is 1. The first-order chi connectivity index (χ1) is 8.06. The fourth-order valence-corrected chi connectivity index (χ4v) is 2.00. The fraction of sp³-hybridized carbons (Fsp3) is 0.455. The SMILES string of the molecule is CCC(CC)(C(=O)Nc1ncccn1)C(N)=S. The zero-order chi connectivity index (χ0) is 12.9. The highest BCUT2D eigenvalue weighted by molar-refractivity contribution is 7.80. The van der Waals surface area contributed by atoms with Crippen LogP contribution in [-0.4, -0.2) is 20.9 Å². The highest BCUT2D eigenvalue weighted by atomic mass is 32.1. The lowest BCUT2D eigenvalue weighted by molar-refractivity contribution is -0.122. The maximum atomic E-state index is 12.2. The van der Waals surface area contributed by atoms with E-state index in [1.165, 1.54) is 0 Å². The summed E-state index contributed by atoms with van der Waals surface area (Å²) in [4.78, 5) is 20.3. The lowest BCUT2D eigenvalue weighted by Gasteiger charge is -2.28. The summed E-state index contributed by atoms with van der Waals surface area (Å²) in [6, 6.07) is 1.68. The number of rotatable bonds is 5. The molecule has 1 aromatic heterocycles. The molecule has 3 N–H and O–H groups in total. The minimum atomic E-state index is -0.825. The van der Waals surface area contributed by atoms with Gasteiger partial charge in [-0.15, -0.1) is 0 Å². The number of amides is 1. The molecule has 1 heterocycles. The van der Waals surface area contributed by atoms with E-state index in [9.17, 15) is 4.79 Å². The summed E-state index contributed by atoms with van der Waals surface area (Å²) in [5.74, 6) is 0.0150. The zero-order valence-electron chi connectivity index (χ0n) is 9.93. The number of hydrogen-bond acceptors (Lipinski definition) is 4. The van der Waals surface area contributed by atoms with Gasteiger partial charge in [0.05, 0.1) is 10.4 Å². The van der Waals surface area contributed by atoms with Gasteiger partial charge in [-0.1, -0.05) is 26.1 Å². The van der Waals surface area contributed by atoms with E-state index < -0.39 is 5.41 Å². The Morgan fingerprint density at radius 3 is 2.35 bits per heavy atom. The fourth-order valence-electron chi connectivity index (χ4n) is 1.62. The molecule has 0 bridgehead atoms. The van der Waals surface area contributed by atoms with Crippen molar-refractivity contribution in [3.8, 4) is 0 Å². The van der Waals surface area contributed by atoms with Gasteiger partial charge in [0.25, 0.3) is 0 Å². The molecule has 6 heteroatoms.